The molecule has 1 aliphatic rings. The van der Waals surface area contributed by atoms with Crippen LogP contribution in [0.25, 0.3) is 11.3 Å². The molecule has 1 aromatic carbocycles. The molecule has 1 aromatic heterocycles. The number of halogens is 1. The molecular weight excluding hydrogens is 343 g/mol. The number of nitrogens with zero attached hydrogens (tertiary/aromatic N) is 4. The number of aromatic nitrogens is 2. The lowest BCUT2D eigenvalue weighted by atomic mass is 10.1. The highest BCUT2D eigenvalue weighted by Gasteiger charge is 2.18. The summed E-state index contributed by atoms with van der Waals surface area (Å²) in [7, 11) is 2.11. The Kier molecular flexibility index (Phi) is 6.07. The van der Waals surface area contributed by atoms with E-state index in [4.69, 9.17) is 0 Å². The van der Waals surface area contributed by atoms with E-state index < -0.39 is 0 Å². The molecule has 146 valence electrons. The largest absolute Gasteiger partial charge is 0.304 e. The van der Waals surface area contributed by atoms with Gasteiger partial charge in [0, 0.05) is 50.4 Å². The summed E-state index contributed by atoms with van der Waals surface area (Å²) in [4.78, 5) is 17.5. The summed E-state index contributed by atoms with van der Waals surface area (Å²) < 4.78 is 15.6. The fourth-order valence-corrected chi connectivity index (χ4v) is 3.32. The molecule has 0 saturated carbocycles. The van der Waals surface area contributed by atoms with Gasteiger partial charge in [0.05, 0.1) is 5.69 Å². The monoisotopic (exact) mass is 372 g/mol. The van der Waals surface area contributed by atoms with Crippen molar-refractivity contribution in [2.75, 3.05) is 33.2 Å². The van der Waals surface area contributed by atoms with Gasteiger partial charge in [-0.3, -0.25) is 9.69 Å². The molecule has 0 unspecified atom stereocenters. The predicted molar refractivity (Wildman–Crippen MR) is 106 cm³/mol. The van der Waals surface area contributed by atoms with Crippen molar-refractivity contribution in [3.8, 4) is 11.3 Å². The quantitative estimate of drug-likeness (QED) is 0.809. The molecule has 3 rings (SSSR count). The Morgan fingerprint density at radius 3 is 2.48 bits per heavy atom. The van der Waals surface area contributed by atoms with Gasteiger partial charge >= 0.3 is 0 Å². The minimum Gasteiger partial charge on any atom is -0.304 e. The summed E-state index contributed by atoms with van der Waals surface area (Å²) in [6, 6.07) is 6.96. The topological polar surface area (TPSA) is 41.4 Å². The van der Waals surface area contributed by atoms with Crippen molar-refractivity contribution >= 4 is 0 Å². The van der Waals surface area contributed by atoms with Gasteiger partial charge in [0.15, 0.2) is 0 Å². The van der Waals surface area contributed by atoms with Gasteiger partial charge in [-0.2, -0.15) is 5.10 Å². The fourth-order valence-electron chi connectivity index (χ4n) is 3.32. The highest BCUT2D eigenvalue weighted by atomic mass is 19.1. The van der Waals surface area contributed by atoms with Crippen LogP contribution in [0.3, 0.4) is 0 Å². The van der Waals surface area contributed by atoms with Crippen LogP contribution in [-0.2, 0) is 13.1 Å². The third-order valence-corrected chi connectivity index (χ3v) is 5.04. The third-order valence-electron chi connectivity index (χ3n) is 5.04. The van der Waals surface area contributed by atoms with Gasteiger partial charge in [-0.25, -0.2) is 9.07 Å². The Hall–Kier alpha value is -2.05. The smallest absolute Gasteiger partial charge is 0.271 e. The second-order valence-electron chi connectivity index (χ2n) is 7.98. The number of rotatable bonds is 5. The first kappa shape index (κ1) is 19.7. The number of benzene rings is 1. The molecule has 2 heterocycles. The van der Waals surface area contributed by atoms with Crippen LogP contribution in [0.15, 0.2) is 29.1 Å². The first-order valence-corrected chi connectivity index (χ1v) is 9.62. The Morgan fingerprint density at radius 1 is 1.15 bits per heavy atom. The highest BCUT2D eigenvalue weighted by molar-refractivity contribution is 5.59. The van der Waals surface area contributed by atoms with Gasteiger partial charge in [0.2, 0.25) is 0 Å². The Balaban J connectivity index is 1.98. The van der Waals surface area contributed by atoms with Crippen LogP contribution in [0.1, 0.15) is 25.0 Å². The third kappa shape index (κ3) is 4.82. The average Bonchev–Trinajstić information content (AvgIpc) is 2.62. The lowest BCUT2D eigenvalue weighted by molar-refractivity contribution is 0.147. The number of hydrogen-bond donors (Lipinski definition) is 0. The minimum absolute atomic E-state index is 0.0426. The van der Waals surface area contributed by atoms with E-state index in [1.165, 1.54) is 6.07 Å². The summed E-state index contributed by atoms with van der Waals surface area (Å²) in [5.41, 5.74) is 2.64. The SMILES string of the molecule is Cc1ccc(-c2cc(CN3CCN(C)CC3)c(=O)n(CC(C)C)n2)cc1F. The van der Waals surface area contributed by atoms with Crippen molar-refractivity contribution in [2.24, 2.45) is 5.92 Å². The maximum Gasteiger partial charge on any atom is 0.271 e. The molecule has 0 amide bonds. The van der Waals surface area contributed by atoms with Gasteiger partial charge in [0.1, 0.15) is 5.82 Å². The lowest BCUT2D eigenvalue weighted by Crippen LogP contribution is -2.45. The molecule has 0 atom stereocenters. The first-order valence-electron chi connectivity index (χ1n) is 9.62. The van der Waals surface area contributed by atoms with Gasteiger partial charge in [-0.1, -0.05) is 26.0 Å². The molecule has 0 radical (unpaired) electrons. The summed E-state index contributed by atoms with van der Waals surface area (Å²) in [6.07, 6.45) is 0. The predicted octanol–water partition coefficient (Wildman–Crippen LogP) is 2.76. The van der Waals surface area contributed by atoms with E-state index in [9.17, 15) is 9.18 Å². The number of likely N-dealkylation sites (N-methyl/N-ethyl adjacent to an activating group) is 1. The molecule has 1 saturated heterocycles. The van der Waals surface area contributed by atoms with E-state index >= 15 is 0 Å². The van der Waals surface area contributed by atoms with Gasteiger partial charge in [-0.05, 0) is 37.6 Å². The summed E-state index contributed by atoms with van der Waals surface area (Å²) >= 11 is 0. The molecule has 5 nitrogen and oxygen atoms in total. The fraction of sp³-hybridized carbons (Fsp3) is 0.524. The second-order valence-corrected chi connectivity index (χ2v) is 7.98. The van der Waals surface area contributed by atoms with E-state index in [1.54, 1.807) is 17.7 Å². The molecule has 1 fully saturated rings. The van der Waals surface area contributed by atoms with E-state index in [-0.39, 0.29) is 11.4 Å². The Labute approximate surface area is 160 Å². The van der Waals surface area contributed by atoms with E-state index in [1.807, 2.05) is 12.1 Å². The Bertz CT molecular complexity index is 854. The van der Waals surface area contributed by atoms with E-state index in [0.29, 0.717) is 35.8 Å². The molecule has 27 heavy (non-hydrogen) atoms. The zero-order valence-electron chi connectivity index (χ0n) is 16.7. The summed E-state index contributed by atoms with van der Waals surface area (Å²) in [5, 5.41) is 4.53. The van der Waals surface area contributed by atoms with E-state index in [2.05, 4.69) is 35.8 Å². The van der Waals surface area contributed by atoms with Crippen molar-refractivity contribution in [1.82, 2.24) is 19.6 Å². The van der Waals surface area contributed by atoms with Gasteiger partial charge in [0.25, 0.3) is 5.56 Å². The molecule has 0 spiro atoms. The standard InChI is InChI=1S/C21H29FN4O/c1-15(2)13-26-21(27)18(14-25-9-7-24(4)8-10-25)12-20(23-26)17-6-5-16(3)19(22)11-17/h5-6,11-12,15H,7-10,13-14H2,1-4H3. The van der Waals surface area contributed by atoms with Crippen molar-refractivity contribution in [3.63, 3.8) is 0 Å². The zero-order valence-corrected chi connectivity index (χ0v) is 16.7. The number of hydrogen-bond acceptors (Lipinski definition) is 4. The van der Waals surface area contributed by atoms with Crippen molar-refractivity contribution in [3.05, 3.63) is 51.6 Å². The maximum atomic E-state index is 14.1. The van der Waals surface area contributed by atoms with Crippen LogP contribution in [-0.4, -0.2) is 52.8 Å². The summed E-state index contributed by atoms with van der Waals surface area (Å²) in [5.74, 6) is 0.0493. The summed E-state index contributed by atoms with van der Waals surface area (Å²) in [6.45, 7) is 10.9. The molecule has 0 bridgehead atoms. The average molecular weight is 372 g/mol. The second kappa shape index (κ2) is 8.31. The first-order chi connectivity index (χ1) is 12.8. The molecule has 0 aliphatic carbocycles. The lowest BCUT2D eigenvalue weighted by Gasteiger charge is -2.32. The molecule has 1 aliphatic heterocycles. The maximum absolute atomic E-state index is 14.1. The van der Waals surface area contributed by atoms with Crippen LogP contribution in [0.5, 0.6) is 0 Å². The highest BCUT2D eigenvalue weighted by Crippen LogP contribution is 2.20. The molecule has 0 N–H and O–H groups in total. The van der Waals surface area contributed by atoms with Crippen molar-refractivity contribution in [1.29, 1.82) is 0 Å². The van der Waals surface area contributed by atoms with Gasteiger partial charge < -0.3 is 4.90 Å². The van der Waals surface area contributed by atoms with Gasteiger partial charge in [-0.15, -0.1) is 0 Å². The van der Waals surface area contributed by atoms with Crippen LogP contribution in [0.4, 0.5) is 4.39 Å². The zero-order chi connectivity index (χ0) is 19.6. The number of piperazine rings is 1. The molecule has 6 heteroatoms. The van der Waals surface area contributed by atoms with E-state index in [0.717, 1.165) is 31.7 Å². The normalized spacial score (nSPS) is 16.2. The molecule has 2 aromatic rings. The van der Waals surface area contributed by atoms with Crippen LogP contribution in [0, 0.1) is 18.7 Å². The number of aryl methyl sites for hydroxylation is 1. The van der Waals surface area contributed by atoms with Crippen molar-refractivity contribution in [2.45, 2.75) is 33.9 Å². The van der Waals surface area contributed by atoms with Crippen LogP contribution in [0.2, 0.25) is 0 Å². The molecular formula is C21H29FN4O. The van der Waals surface area contributed by atoms with Crippen LogP contribution < -0.4 is 5.56 Å². The minimum atomic E-state index is -0.253. The van der Waals surface area contributed by atoms with Crippen LogP contribution >= 0.6 is 0 Å². The Morgan fingerprint density at radius 2 is 1.85 bits per heavy atom. The van der Waals surface area contributed by atoms with Crippen molar-refractivity contribution < 1.29 is 4.39 Å².